The maximum absolute atomic E-state index is 11.7. The van der Waals surface area contributed by atoms with Crippen LogP contribution in [0.15, 0.2) is 42.5 Å². The topological polar surface area (TPSA) is 61.4 Å². The quantitative estimate of drug-likeness (QED) is 0.849. The van der Waals surface area contributed by atoms with Crippen molar-refractivity contribution in [3.63, 3.8) is 0 Å². The Labute approximate surface area is 140 Å². The van der Waals surface area contributed by atoms with Crippen LogP contribution in [0.3, 0.4) is 0 Å². The first-order valence-corrected chi connectivity index (χ1v) is 8.50. The molecule has 0 atom stereocenters. The van der Waals surface area contributed by atoms with Crippen LogP contribution >= 0.6 is 23.2 Å². The van der Waals surface area contributed by atoms with Gasteiger partial charge in [0.1, 0.15) is 0 Å². The average molecular weight is 360 g/mol. The lowest BCUT2D eigenvalue weighted by Gasteiger charge is -2.14. The van der Waals surface area contributed by atoms with Crippen LogP contribution in [-0.2, 0) is 10.2 Å². The Hall–Kier alpha value is -1.47. The van der Waals surface area contributed by atoms with Crippen LogP contribution in [0.4, 0.5) is 17.1 Å². The summed E-state index contributed by atoms with van der Waals surface area (Å²) in [7, 11) is -0.595. The fraction of sp³-hybridized carbons (Fsp3) is 0.143. The molecule has 0 heterocycles. The number of rotatable bonds is 5. The molecule has 118 valence electrons. The van der Waals surface area contributed by atoms with Gasteiger partial charge in [-0.25, -0.2) is 0 Å². The van der Waals surface area contributed by atoms with Crippen molar-refractivity contribution in [2.75, 3.05) is 24.1 Å². The lowest BCUT2D eigenvalue weighted by molar-refractivity contribution is 0.527. The molecule has 2 N–H and O–H groups in total. The molecule has 0 spiro atoms. The minimum Gasteiger partial charge on any atom is -0.354 e. The third kappa shape index (κ3) is 4.27. The second-order valence-electron chi connectivity index (χ2n) is 4.72. The summed E-state index contributed by atoms with van der Waals surface area (Å²) in [4.78, 5) is 0. The molecule has 2 aromatic carbocycles. The first-order valence-electron chi connectivity index (χ1n) is 6.30. The molecular formula is C14H15Cl2N3O2S. The molecule has 5 nitrogen and oxygen atoms in total. The van der Waals surface area contributed by atoms with E-state index in [-0.39, 0.29) is 0 Å². The predicted molar refractivity (Wildman–Crippen MR) is 92.4 cm³/mol. The molecule has 0 aliphatic rings. The highest BCUT2D eigenvalue weighted by molar-refractivity contribution is 7.90. The Morgan fingerprint density at radius 3 is 2.14 bits per heavy atom. The molecule has 8 heteroatoms. The van der Waals surface area contributed by atoms with E-state index in [1.807, 2.05) is 0 Å². The van der Waals surface area contributed by atoms with E-state index >= 15 is 0 Å². The number of hydrogen-bond acceptors (Lipinski definition) is 3. The minimum absolute atomic E-state index is 0.469. The van der Waals surface area contributed by atoms with E-state index in [0.717, 1.165) is 9.99 Å². The first kappa shape index (κ1) is 16.9. The van der Waals surface area contributed by atoms with Crippen molar-refractivity contribution in [2.45, 2.75) is 0 Å². The summed E-state index contributed by atoms with van der Waals surface area (Å²) < 4.78 is 27.0. The number of hydrogen-bond donors (Lipinski definition) is 2. The molecule has 0 aliphatic carbocycles. The summed E-state index contributed by atoms with van der Waals surface area (Å²) in [6.45, 7) is 0. The molecule has 0 unspecified atom stereocenters. The summed E-state index contributed by atoms with van der Waals surface area (Å²) in [6.07, 6.45) is 0. The van der Waals surface area contributed by atoms with Gasteiger partial charge in [-0.3, -0.25) is 4.72 Å². The molecule has 22 heavy (non-hydrogen) atoms. The van der Waals surface area contributed by atoms with Crippen molar-refractivity contribution < 1.29 is 8.42 Å². The van der Waals surface area contributed by atoms with Gasteiger partial charge in [-0.15, -0.1) is 0 Å². The zero-order valence-electron chi connectivity index (χ0n) is 12.0. The van der Waals surface area contributed by atoms with Crippen molar-refractivity contribution in [1.29, 1.82) is 0 Å². The van der Waals surface area contributed by atoms with E-state index in [1.165, 1.54) is 14.1 Å². The highest BCUT2D eigenvalue weighted by Crippen LogP contribution is 2.28. The first-order chi connectivity index (χ1) is 10.3. The van der Waals surface area contributed by atoms with E-state index in [0.29, 0.717) is 21.4 Å². The largest absolute Gasteiger partial charge is 0.354 e. The van der Waals surface area contributed by atoms with Gasteiger partial charge in [-0.05, 0) is 42.5 Å². The van der Waals surface area contributed by atoms with Gasteiger partial charge in [-0.2, -0.15) is 12.7 Å². The molecule has 2 aromatic rings. The third-order valence-corrected chi connectivity index (χ3v) is 4.84. The fourth-order valence-electron chi connectivity index (χ4n) is 1.61. The monoisotopic (exact) mass is 359 g/mol. The van der Waals surface area contributed by atoms with Gasteiger partial charge in [-0.1, -0.05) is 23.2 Å². The highest BCUT2D eigenvalue weighted by Gasteiger charge is 2.12. The van der Waals surface area contributed by atoms with Crippen molar-refractivity contribution in [3.8, 4) is 0 Å². The molecule has 0 amide bonds. The van der Waals surface area contributed by atoms with Gasteiger partial charge in [0.15, 0.2) is 0 Å². The third-order valence-electron chi connectivity index (χ3n) is 2.82. The van der Waals surface area contributed by atoms with E-state index in [2.05, 4.69) is 10.0 Å². The molecule has 0 saturated heterocycles. The molecule has 0 bridgehead atoms. The van der Waals surface area contributed by atoms with Gasteiger partial charge < -0.3 is 5.32 Å². The minimum atomic E-state index is -3.51. The Balaban J connectivity index is 2.14. The molecule has 0 radical (unpaired) electrons. The molecule has 0 aliphatic heterocycles. The molecular weight excluding hydrogens is 345 g/mol. The van der Waals surface area contributed by atoms with Crippen molar-refractivity contribution >= 4 is 50.5 Å². The summed E-state index contributed by atoms with van der Waals surface area (Å²) in [6, 6.07) is 11.9. The Morgan fingerprint density at radius 2 is 1.55 bits per heavy atom. The number of nitrogens with one attached hydrogen (secondary N) is 2. The SMILES string of the molecule is CN(C)S(=O)(=O)Nc1ccc(Nc2cc(Cl)ccc2Cl)cc1. The van der Waals surface area contributed by atoms with Crippen LogP contribution < -0.4 is 10.0 Å². The Morgan fingerprint density at radius 1 is 0.955 bits per heavy atom. The summed E-state index contributed by atoms with van der Waals surface area (Å²) in [5.41, 5.74) is 1.91. The van der Waals surface area contributed by atoms with Crippen LogP contribution in [0.1, 0.15) is 0 Å². The van der Waals surface area contributed by atoms with Crippen LogP contribution in [0, 0.1) is 0 Å². The summed E-state index contributed by atoms with van der Waals surface area (Å²) in [5.74, 6) is 0. The van der Waals surface area contributed by atoms with E-state index in [4.69, 9.17) is 23.2 Å². The van der Waals surface area contributed by atoms with Gasteiger partial charge in [0.25, 0.3) is 0 Å². The van der Waals surface area contributed by atoms with Gasteiger partial charge >= 0.3 is 10.2 Å². The van der Waals surface area contributed by atoms with E-state index in [9.17, 15) is 8.42 Å². The Bertz CT molecular complexity index is 762. The predicted octanol–water partition coefficient (Wildman–Crippen LogP) is 3.96. The maximum Gasteiger partial charge on any atom is 0.301 e. The summed E-state index contributed by atoms with van der Waals surface area (Å²) in [5, 5.41) is 4.24. The second kappa shape index (κ2) is 6.75. The molecule has 0 saturated carbocycles. The van der Waals surface area contributed by atoms with Crippen molar-refractivity contribution in [2.24, 2.45) is 0 Å². The average Bonchev–Trinajstić information content (AvgIpc) is 2.44. The van der Waals surface area contributed by atoms with Crippen LogP contribution in [0.25, 0.3) is 0 Å². The molecule has 0 fully saturated rings. The lowest BCUT2D eigenvalue weighted by Crippen LogP contribution is -2.28. The molecule has 0 aromatic heterocycles. The Kier molecular flexibility index (Phi) is 5.18. The van der Waals surface area contributed by atoms with Crippen molar-refractivity contribution in [3.05, 3.63) is 52.5 Å². The number of nitrogens with zero attached hydrogens (tertiary/aromatic N) is 1. The van der Waals surface area contributed by atoms with Crippen LogP contribution in [0.2, 0.25) is 10.0 Å². The van der Waals surface area contributed by atoms with Gasteiger partial charge in [0.2, 0.25) is 0 Å². The molecule has 2 rings (SSSR count). The van der Waals surface area contributed by atoms with Crippen LogP contribution in [-0.4, -0.2) is 26.8 Å². The number of halogens is 2. The standard InChI is InChI=1S/C14H15Cl2N3O2S/c1-19(2)22(20,21)18-12-6-4-11(5-7-12)17-14-9-10(15)3-8-13(14)16/h3-9,17-18H,1-2H3. The van der Waals surface area contributed by atoms with Gasteiger partial charge in [0.05, 0.1) is 10.7 Å². The smallest absolute Gasteiger partial charge is 0.301 e. The lowest BCUT2D eigenvalue weighted by atomic mass is 10.2. The number of benzene rings is 2. The van der Waals surface area contributed by atoms with E-state index < -0.39 is 10.2 Å². The normalized spacial score (nSPS) is 11.5. The zero-order valence-corrected chi connectivity index (χ0v) is 14.3. The zero-order chi connectivity index (χ0) is 16.3. The fourth-order valence-corrected chi connectivity index (χ4v) is 2.56. The maximum atomic E-state index is 11.7. The van der Waals surface area contributed by atoms with Gasteiger partial charge in [0, 0.05) is 30.5 Å². The van der Waals surface area contributed by atoms with Crippen LogP contribution in [0.5, 0.6) is 0 Å². The summed E-state index contributed by atoms with van der Waals surface area (Å²) >= 11 is 12.0. The second-order valence-corrected chi connectivity index (χ2v) is 7.44. The van der Waals surface area contributed by atoms with Crippen molar-refractivity contribution in [1.82, 2.24) is 4.31 Å². The van der Waals surface area contributed by atoms with E-state index in [1.54, 1.807) is 42.5 Å². The number of anilines is 3. The highest BCUT2D eigenvalue weighted by atomic mass is 35.5.